The molecule has 0 fully saturated rings. The summed E-state index contributed by atoms with van der Waals surface area (Å²) in [4.78, 5) is 4.87. The van der Waals surface area contributed by atoms with Gasteiger partial charge in [-0.05, 0) is 12.5 Å². The fourth-order valence-corrected chi connectivity index (χ4v) is 2.60. The van der Waals surface area contributed by atoms with E-state index in [2.05, 4.69) is 63.5 Å². The minimum absolute atomic E-state index is 0.00120. The first kappa shape index (κ1) is 14.6. The molecule has 0 bridgehead atoms. The summed E-state index contributed by atoms with van der Waals surface area (Å²) in [5.74, 6) is 2.08. The van der Waals surface area contributed by atoms with E-state index < -0.39 is 0 Å². The monoisotopic (exact) mass is 271 g/mol. The lowest BCUT2D eigenvalue weighted by molar-refractivity contribution is 0.508. The van der Waals surface area contributed by atoms with Crippen LogP contribution in [0, 0.1) is 0 Å². The van der Waals surface area contributed by atoms with Gasteiger partial charge in [-0.15, -0.1) is 0 Å². The van der Waals surface area contributed by atoms with Crippen LogP contribution in [0.15, 0.2) is 30.3 Å². The molecule has 2 N–H and O–H groups in total. The Morgan fingerprint density at radius 2 is 1.80 bits per heavy atom. The van der Waals surface area contributed by atoms with Crippen LogP contribution in [0.2, 0.25) is 0 Å². The standard InChI is InChI=1S/C17H25N3/c1-6-20-15(18)14(19-16(20)17(3,4)5)12(2)13-10-8-7-9-11-13/h7-12H,6,18H2,1-5H3. The van der Waals surface area contributed by atoms with Crippen LogP contribution in [0.25, 0.3) is 0 Å². The van der Waals surface area contributed by atoms with Crippen LogP contribution < -0.4 is 5.73 Å². The molecule has 108 valence electrons. The summed E-state index contributed by atoms with van der Waals surface area (Å²) < 4.78 is 2.13. The van der Waals surface area contributed by atoms with Gasteiger partial charge in [0.1, 0.15) is 11.6 Å². The van der Waals surface area contributed by atoms with E-state index in [1.165, 1.54) is 5.56 Å². The van der Waals surface area contributed by atoms with E-state index in [0.29, 0.717) is 0 Å². The Hall–Kier alpha value is -1.77. The van der Waals surface area contributed by atoms with Gasteiger partial charge >= 0.3 is 0 Å². The van der Waals surface area contributed by atoms with Crippen molar-refractivity contribution in [2.24, 2.45) is 0 Å². The van der Waals surface area contributed by atoms with Gasteiger partial charge in [0.25, 0.3) is 0 Å². The first-order chi connectivity index (χ1) is 9.36. The van der Waals surface area contributed by atoms with Gasteiger partial charge < -0.3 is 10.3 Å². The van der Waals surface area contributed by atoms with Gasteiger partial charge in [0.05, 0.1) is 5.69 Å². The number of imidazole rings is 1. The van der Waals surface area contributed by atoms with Crippen molar-refractivity contribution in [2.75, 3.05) is 5.73 Å². The lowest BCUT2D eigenvalue weighted by Crippen LogP contribution is -2.19. The Kier molecular flexibility index (Phi) is 3.89. The number of nitrogens with two attached hydrogens (primary N) is 1. The summed E-state index contributed by atoms with van der Waals surface area (Å²) in [5, 5.41) is 0. The number of nitrogen functional groups attached to an aromatic ring is 1. The highest BCUT2D eigenvalue weighted by molar-refractivity contribution is 5.45. The topological polar surface area (TPSA) is 43.8 Å². The van der Waals surface area contributed by atoms with Crippen molar-refractivity contribution < 1.29 is 0 Å². The molecule has 1 atom stereocenters. The average Bonchev–Trinajstić information content (AvgIpc) is 2.76. The van der Waals surface area contributed by atoms with Crippen molar-refractivity contribution in [3.05, 3.63) is 47.4 Å². The van der Waals surface area contributed by atoms with Crippen molar-refractivity contribution in [2.45, 2.75) is 52.5 Å². The molecular weight excluding hydrogens is 246 g/mol. The lowest BCUT2D eigenvalue weighted by atomic mass is 9.95. The van der Waals surface area contributed by atoms with E-state index >= 15 is 0 Å². The van der Waals surface area contributed by atoms with Gasteiger partial charge in [-0.3, -0.25) is 0 Å². The summed E-state index contributed by atoms with van der Waals surface area (Å²) in [6, 6.07) is 10.4. The van der Waals surface area contributed by atoms with Crippen molar-refractivity contribution in [3.8, 4) is 0 Å². The predicted molar refractivity (Wildman–Crippen MR) is 85.0 cm³/mol. The zero-order chi connectivity index (χ0) is 14.9. The zero-order valence-electron chi connectivity index (χ0n) is 13.1. The molecule has 1 aromatic carbocycles. The van der Waals surface area contributed by atoms with Crippen molar-refractivity contribution in [1.29, 1.82) is 0 Å². The molecule has 0 aliphatic heterocycles. The van der Waals surface area contributed by atoms with Crippen molar-refractivity contribution in [1.82, 2.24) is 9.55 Å². The number of anilines is 1. The molecule has 2 rings (SSSR count). The Morgan fingerprint density at radius 1 is 1.20 bits per heavy atom. The lowest BCUT2D eigenvalue weighted by Gasteiger charge is -2.19. The summed E-state index contributed by atoms with van der Waals surface area (Å²) in [7, 11) is 0. The number of aromatic nitrogens is 2. The Labute approximate surface area is 121 Å². The van der Waals surface area contributed by atoms with E-state index in [9.17, 15) is 0 Å². The summed E-state index contributed by atoms with van der Waals surface area (Å²) in [5.41, 5.74) is 8.59. The van der Waals surface area contributed by atoms with Crippen LogP contribution in [-0.4, -0.2) is 9.55 Å². The molecule has 0 aliphatic rings. The summed E-state index contributed by atoms with van der Waals surface area (Å²) in [6.07, 6.45) is 0. The average molecular weight is 271 g/mol. The molecule has 0 radical (unpaired) electrons. The van der Waals surface area contributed by atoms with E-state index in [4.69, 9.17) is 10.7 Å². The fraction of sp³-hybridized carbons (Fsp3) is 0.471. The van der Waals surface area contributed by atoms with E-state index in [-0.39, 0.29) is 11.3 Å². The normalized spacial score (nSPS) is 13.4. The Balaban J connectivity index is 2.51. The fourth-order valence-electron chi connectivity index (χ4n) is 2.60. The molecule has 2 aromatic rings. The second kappa shape index (κ2) is 5.31. The number of nitrogens with zero attached hydrogens (tertiary/aromatic N) is 2. The first-order valence-corrected chi connectivity index (χ1v) is 7.27. The van der Waals surface area contributed by atoms with Crippen LogP contribution in [0.1, 0.15) is 57.6 Å². The Morgan fingerprint density at radius 3 is 2.25 bits per heavy atom. The highest BCUT2D eigenvalue weighted by Gasteiger charge is 2.26. The van der Waals surface area contributed by atoms with Crippen molar-refractivity contribution >= 4 is 5.82 Å². The van der Waals surface area contributed by atoms with E-state index in [1.54, 1.807) is 0 Å². The van der Waals surface area contributed by atoms with Crippen LogP contribution >= 0.6 is 0 Å². The minimum Gasteiger partial charge on any atom is -0.384 e. The third-order valence-electron chi connectivity index (χ3n) is 3.73. The van der Waals surface area contributed by atoms with Crippen LogP contribution in [0.4, 0.5) is 5.82 Å². The van der Waals surface area contributed by atoms with Gasteiger partial charge in [-0.1, -0.05) is 58.0 Å². The third-order valence-corrected chi connectivity index (χ3v) is 3.73. The largest absolute Gasteiger partial charge is 0.384 e. The third kappa shape index (κ3) is 2.58. The zero-order valence-corrected chi connectivity index (χ0v) is 13.1. The van der Waals surface area contributed by atoms with Crippen LogP contribution in [0.3, 0.4) is 0 Å². The first-order valence-electron chi connectivity index (χ1n) is 7.27. The maximum absolute atomic E-state index is 6.35. The van der Waals surface area contributed by atoms with E-state index in [0.717, 1.165) is 23.9 Å². The smallest absolute Gasteiger partial charge is 0.127 e. The van der Waals surface area contributed by atoms with Gasteiger partial charge in [0.15, 0.2) is 0 Å². The summed E-state index contributed by atoms with van der Waals surface area (Å²) >= 11 is 0. The number of hydrogen-bond donors (Lipinski definition) is 1. The minimum atomic E-state index is -0.00120. The Bertz CT molecular complexity index is 576. The van der Waals surface area contributed by atoms with Crippen molar-refractivity contribution in [3.63, 3.8) is 0 Å². The molecule has 3 nitrogen and oxygen atoms in total. The number of rotatable bonds is 3. The maximum Gasteiger partial charge on any atom is 0.127 e. The molecule has 3 heteroatoms. The number of benzene rings is 1. The van der Waals surface area contributed by atoms with Gasteiger partial charge in [0, 0.05) is 17.9 Å². The molecule has 1 heterocycles. The molecule has 0 aliphatic carbocycles. The number of hydrogen-bond acceptors (Lipinski definition) is 2. The molecular formula is C17H25N3. The highest BCUT2D eigenvalue weighted by Crippen LogP contribution is 2.32. The second-order valence-corrected chi connectivity index (χ2v) is 6.33. The van der Waals surface area contributed by atoms with Crippen LogP contribution in [-0.2, 0) is 12.0 Å². The quantitative estimate of drug-likeness (QED) is 0.919. The SMILES string of the molecule is CCn1c(C(C)(C)C)nc(C(C)c2ccccc2)c1N. The molecule has 1 aromatic heterocycles. The maximum atomic E-state index is 6.35. The van der Waals surface area contributed by atoms with E-state index in [1.807, 2.05) is 6.07 Å². The predicted octanol–water partition coefficient (Wildman–Crippen LogP) is 3.93. The summed E-state index contributed by atoms with van der Waals surface area (Å²) in [6.45, 7) is 11.7. The molecule has 0 spiro atoms. The molecule has 0 saturated carbocycles. The van der Waals surface area contributed by atoms with Gasteiger partial charge in [-0.2, -0.15) is 0 Å². The highest BCUT2D eigenvalue weighted by atomic mass is 15.1. The second-order valence-electron chi connectivity index (χ2n) is 6.33. The van der Waals surface area contributed by atoms with Crippen LogP contribution in [0.5, 0.6) is 0 Å². The molecule has 0 saturated heterocycles. The molecule has 1 unspecified atom stereocenters. The van der Waals surface area contributed by atoms with Gasteiger partial charge in [0.2, 0.25) is 0 Å². The van der Waals surface area contributed by atoms with Gasteiger partial charge in [-0.25, -0.2) is 4.98 Å². The molecule has 20 heavy (non-hydrogen) atoms. The molecule has 0 amide bonds.